The Labute approximate surface area is 62.1 Å². The molecule has 0 aromatic rings. The topological polar surface area (TPSA) is 90.1 Å². The predicted molar refractivity (Wildman–Crippen MR) is 43.3 cm³/mol. The summed E-state index contributed by atoms with van der Waals surface area (Å²) in [7, 11) is 0. The average molecular weight is 146 g/mol. The van der Waals surface area contributed by atoms with Gasteiger partial charge in [-0.25, -0.2) is 0 Å². The van der Waals surface area contributed by atoms with E-state index in [0.717, 1.165) is 32.5 Å². The summed E-state index contributed by atoms with van der Waals surface area (Å²) >= 11 is 0. The van der Waals surface area contributed by atoms with E-state index in [2.05, 4.69) is 5.32 Å². The third-order valence-corrected chi connectivity index (χ3v) is 1.21. The van der Waals surface area contributed by atoms with Crippen molar-refractivity contribution in [2.24, 2.45) is 17.2 Å². The van der Waals surface area contributed by atoms with E-state index in [1.807, 2.05) is 0 Å². The van der Waals surface area contributed by atoms with Gasteiger partial charge in [-0.2, -0.15) is 0 Å². The van der Waals surface area contributed by atoms with Crippen LogP contribution < -0.4 is 22.5 Å². The maximum absolute atomic E-state index is 5.32. The van der Waals surface area contributed by atoms with Crippen LogP contribution in [0.25, 0.3) is 0 Å². The van der Waals surface area contributed by atoms with Crippen molar-refractivity contribution in [2.45, 2.75) is 19.0 Å². The Bertz CT molecular complexity index is 64.8. The van der Waals surface area contributed by atoms with Crippen molar-refractivity contribution < 1.29 is 0 Å². The molecule has 0 heterocycles. The molecule has 0 amide bonds. The van der Waals surface area contributed by atoms with Crippen LogP contribution in [0.4, 0.5) is 0 Å². The molecule has 7 N–H and O–H groups in total. The van der Waals surface area contributed by atoms with Crippen LogP contribution in [0.5, 0.6) is 0 Å². The summed E-state index contributed by atoms with van der Waals surface area (Å²) in [6.45, 7) is 2.59. The summed E-state index contributed by atoms with van der Waals surface area (Å²) in [5.74, 6) is 0. The first-order chi connectivity index (χ1) is 4.77. The van der Waals surface area contributed by atoms with Gasteiger partial charge in [0.2, 0.25) is 0 Å². The lowest BCUT2D eigenvalue weighted by Crippen LogP contribution is -2.34. The lowest BCUT2D eigenvalue weighted by Gasteiger charge is -2.05. The van der Waals surface area contributed by atoms with Gasteiger partial charge < -0.3 is 22.5 Å². The first kappa shape index (κ1) is 9.84. The molecule has 0 bridgehead atoms. The van der Waals surface area contributed by atoms with E-state index in [1.54, 1.807) is 0 Å². The molecule has 0 fully saturated rings. The molecule has 0 aromatic carbocycles. The molecule has 10 heavy (non-hydrogen) atoms. The molecule has 0 aromatic heterocycles. The van der Waals surface area contributed by atoms with Crippen LogP contribution in [0, 0.1) is 0 Å². The van der Waals surface area contributed by atoms with Crippen molar-refractivity contribution in [3.63, 3.8) is 0 Å². The number of hydrogen-bond donors (Lipinski definition) is 4. The second-order valence-electron chi connectivity index (χ2n) is 2.34. The van der Waals surface area contributed by atoms with Crippen molar-refractivity contribution in [3.8, 4) is 0 Å². The molecule has 0 saturated heterocycles. The van der Waals surface area contributed by atoms with E-state index >= 15 is 0 Å². The van der Waals surface area contributed by atoms with Crippen molar-refractivity contribution in [2.75, 3.05) is 19.6 Å². The zero-order valence-electron chi connectivity index (χ0n) is 6.34. The Morgan fingerprint density at radius 2 is 1.90 bits per heavy atom. The Kier molecular flexibility index (Phi) is 6.84. The summed E-state index contributed by atoms with van der Waals surface area (Å²) in [5, 5.41) is 3.18. The van der Waals surface area contributed by atoms with Gasteiger partial charge in [-0.3, -0.25) is 0 Å². The van der Waals surface area contributed by atoms with Crippen molar-refractivity contribution in [1.82, 2.24) is 5.32 Å². The molecule has 0 aliphatic heterocycles. The van der Waals surface area contributed by atoms with Gasteiger partial charge in [0.05, 0.1) is 6.17 Å². The molecule has 0 rings (SSSR count). The van der Waals surface area contributed by atoms with Crippen LogP contribution in [0.3, 0.4) is 0 Å². The van der Waals surface area contributed by atoms with Crippen LogP contribution in [0.15, 0.2) is 0 Å². The standard InChI is InChI=1S/C6H18N4/c7-3-1-4-10-5-2-6(8)9/h6,10H,1-5,7-9H2. The van der Waals surface area contributed by atoms with E-state index in [-0.39, 0.29) is 6.17 Å². The maximum atomic E-state index is 5.32. The van der Waals surface area contributed by atoms with Gasteiger partial charge in [-0.05, 0) is 32.5 Å². The fourth-order valence-electron chi connectivity index (χ4n) is 0.621. The molecule has 0 radical (unpaired) electrons. The zero-order valence-corrected chi connectivity index (χ0v) is 6.34. The van der Waals surface area contributed by atoms with Gasteiger partial charge >= 0.3 is 0 Å². The Hall–Kier alpha value is -0.160. The first-order valence-corrected chi connectivity index (χ1v) is 3.69. The van der Waals surface area contributed by atoms with Gasteiger partial charge in [0.25, 0.3) is 0 Å². The second-order valence-corrected chi connectivity index (χ2v) is 2.34. The SMILES string of the molecule is NCCCNCCC(N)N. The molecule has 0 spiro atoms. The minimum Gasteiger partial charge on any atom is -0.330 e. The molecule has 0 aliphatic carbocycles. The molecule has 0 unspecified atom stereocenters. The number of nitrogens with two attached hydrogens (primary N) is 3. The summed E-state index contributed by atoms with van der Waals surface area (Å²) in [6, 6.07) is 0. The second kappa shape index (κ2) is 6.95. The summed E-state index contributed by atoms with van der Waals surface area (Å²) in [6.07, 6.45) is 1.65. The van der Waals surface area contributed by atoms with Gasteiger partial charge in [0, 0.05) is 0 Å². The van der Waals surface area contributed by atoms with Gasteiger partial charge in [-0.15, -0.1) is 0 Å². The number of nitrogens with one attached hydrogen (secondary N) is 1. The molecular formula is C6H18N4. The fraction of sp³-hybridized carbons (Fsp3) is 1.00. The summed E-state index contributed by atoms with van der Waals surface area (Å²) in [4.78, 5) is 0. The first-order valence-electron chi connectivity index (χ1n) is 3.69. The van der Waals surface area contributed by atoms with Crippen LogP contribution in [-0.4, -0.2) is 25.8 Å². The van der Waals surface area contributed by atoms with Crippen LogP contribution in [0.2, 0.25) is 0 Å². The lowest BCUT2D eigenvalue weighted by atomic mass is 10.3. The molecule has 0 saturated carbocycles. The quantitative estimate of drug-likeness (QED) is 0.273. The molecule has 0 atom stereocenters. The molecule has 4 heteroatoms. The minimum atomic E-state index is -0.189. The minimum absolute atomic E-state index is 0.189. The van der Waals surface area contributed by atoms with Crippen LogP contribution in [0.1, 0.15) is 12.8 Å². The highest BCUT2D eigenvalue weighted by atomic mass is 14.9. The average Bonchev–Trinajstić information content (AvgIpc) is 1.87. The van der Waals surface area contributed by atoms with E-state index in [1.165, 1.54) is 0 Å². The summed E-state index contributed by atoms with van der Waals surface area (Å²) in [5.41, 5.74) is 15.9. The van der Waals surface area contributed by atoms with Crippen LogP contribution >= 0.6 is 0 Å². The third-order valence-electron chi connectivity index (χ3n) is 1.21. The summed E-state index contributed by atoms with van der Waals surface area (Å²) < 4.78 is 0. The van der Waals surface area contributed by atoms with Crippen molar-refractivity contribution >= 4 is 0 Å². The van der Waals surface area contributed by atoms with E-state index in [0.29, 0.717) is 0 Å². The highest BCUT2D eigenvalue weighted by Gasteiger charge is 1.91. The third kappa shape index (κ3) is 7.84. The highest BCUT2D eigenvalue weighted by Crippen LogP contribution is 1.76. The van der Waals surface area contributed by atoms with Crippen molar-refractivity contribution in [1.29, 1.82) is 0 Å². The van der Waals surface area contributed by atoms with Gasteiger partial charge in [0.15, 0.2) is 0 Å². The fourth-order valence-corrected chi connectivity index (χ4v) is 0.621. The molecular weight excluding hydrogens is 128 g/mol. The van der Waals surface area contributed by atoms with E-state index in [9.17, 15) is 0 Å². The Morgan fingerprint density at radius 1 is 1.20 bits per heavy atom. The monoisotopic (exact) mass is 146 g/mol. The number of rotatable bonds is 6. The van der Waals surface area contributed by atoms with Gasteiger partial charge in [-0.1, -0.05) is 0 Å². The number of hydrogen-bond acceptors (Lipinski definition) is 4. The van der Waals surface area contributed by atoms with Crippen molar-refractivity contribution in [3.05, 3.63) is 0 Å². The Morgan fingerprint density at radius 3 is 2.40 bits per heavy atom. The smallest absolute Gasteiger partial charge is 0.0533 e. The maximum Gasteiger partial charge on any atom is 0.0533 e. The Balaban J connectivity index is 2.77. The molecule has 4 nitrogen and oxygen atoms in total. The van der Waals surface area contributed by atoms with Gasteiger partial charge in [0.1, 0.15) is 0 Å². The van der Waals surface area contributed by atoms with E-state index < -0.39 is 0 Å². The zero-order chi connectivity index (χ0) is 7.82. The molecule has 62 valence electrons. The molecule has 0 aliphatic rings. The van der Waals surface area contributed by atoms with E-state index in [4.69, 9.17) is 17.2 Å². The highest BCUT2D eigenvalue weighted by molar-refractivity contribution is 4.54. The predicted octanol–water partition coefficient (Wildman–Crippen LogP) is -1.44. The van der Waals surface area contributed by atoms with Crippen LogP contribution in [-0.2, 0) is 0 Å². The normalized spacial score (nSPS) is 10.8. The lowest BCUT2D eigenvalue weighted by molar-refractivity contribution is 0.567. The largest absolute Gasteiger partial charge is 0.330 e.